The molecule has 1 aromatic heterocycles. The number of carbonyl (C=O) groups excluding carboxylic acids is 1. The molecule has 2 aromatic rings. The Kier molecular flexibility index (Phi) is 4.34. The first-order valence-corrected chi connectivity index (χ1v) is 10.0. The minimum Gasteiger partial charge on any atom is -0.468 e. The lowest BCUT2D eigenvalue weighted by Gasteiger charge is -2.33. The molecule has 0 radical (unpaired) electrons. The van der Waals surface area contributed by atoms with E-state index in [0.717, 1.165) is 17.0 Å². The van der Waals surface area contributed by atoms with Crippen LogP contribution in [0.3, 0.4) is 0 Å². The summed E-state index contributed by atoms with van der Waals surface area (Å²) in [6, 6.07) is 8.73. The van der Waals surface area contributed by atoms with Crippen LogP contribution in [0.2, 0.25) is 0 Å². The first kappa shape index (κ1) is 17.3. The van der Waals surface area contributed by atoms with Crippen molar-refractivity contribution in [3.05, 3.63) is 47.9 Å². The molecule has 0 N–H and O–H groups in total. The maximum atomic E-state index is 13.0. The minimum absolute atomic E-state index is 0.0129. The van der Waals surface area contributed by atoms with Crippen LogP contribution in [0.5, 0.6) is 0 Å². The van der Waals surface area contributed by atoms with Gasteiger partial charge in [0.1, 0.15) is 5.76 Å². The van der Waals surface area contributed by atoms with Gasteiger partial charge in [0.05, 0.1) is 24.1 Å². The summed E-state index contributed by atoms with van der Waals surface area (Å²) >= 11 is 0. The highest BCUT2D eigenvalue weighted by Crippen LogP contribution is 2.31. The monoisotopic (exact) mass is 375 g/mol. The maximum Gasteiger partial charge on any atom is 0.243 e. The molecule has 0 atom stereocenters. The Hall–Kier alpha value is -2.16. The normalized spacial score (nSPS) is 19.1. The third-order valence-electron chi connectivity index (χ3n) is 5.06. The number of nitrogens with zero attached hydrogens (tertiary/aromatic N) is 3. The van der Waals surface area contributed by atoms with E-state index < -0.39 is 10.0 Å². The van der Waals surface area contributed by atoms with Gasteiger partial charge in [0.25, 0.3) is 0 Å². The largest absolute Gasteiger partial charge is 0.468 e. The van der Waals surface area contributed by atoms with Crippen LogP contribution in [0.1, 0.15) is 11.3 Å². The van der Waals surface area contributed by atoms with E-state index in [0.29, 0.717) is 32.7 Å². The molecule has 0 saturated carbocycles. The zero-order valence-electron chi connectivity index (χ0n) is 14.6. The van der Waals surface area contributed by atoms with Crippen molar-refractivity contribution in [3.8, 4) is 0 Å². The molecule has 8 heteroatoms. The van der Waals surface area contributed by atoms with E-state index in [1.807, 2.05) is 12.1 Å². The number of fused-ring (bicyclic) bond motifs is 1. The van der Waals surface area contributed by atoms with E-state index in [1.54, 1.807) is 36.4 Å². The van der Waals surface area contributed by atoms with Crippen molar-refractivity contribution in [2.75, 3.05) is 38.1 Å². The second-order valence-corrected chi connectivity index (χ2v) is 8.62. The topological polar surface area (TPSA) is 74.1 Å². The van der Waals surface area contributed by atoms with Gasteiger partial charge in [0, 0.05) is 38.9 Å². The Morgan fingerprint density at radius 2 is 1.88 bits per heavy atom. The molecule has 2 aliphatic rings. The van der Waals surface area contributed by atoms with Gasteiger partial charge >= 0.3 is 0 Å². The summed E-state index contributed by atoms with van der Waals surface area (Å²) in [7, 11) is -1.84. The summed E-state index contributed by atoms with van der Waals surface area (Å²) in [6.07, 6.45) is 1.90. The number of rotatable bonds is 4. The molecule has 26 heavy (non-hydrogen) atoms. The second kappa shape index (κ2) is 6.53. The van der Waals surface area contributed by atoms with E-state index in [4.69, 9.17) is 4.42 Å². The second-order valence-electron chi connectivity index (χ2n) is 6.68. The van der Waals surface area contributed by atoms with Crippen LogP contribution in [-0.2, 0) is 27.8 Å². The third kappa shape index (κ3) is 3.04. The van der Waals surface area contributed by atoms with Gasteiger partial charge in [0.2, 0.25) is 15.9 Å². The van der Waals surface area contributed by atoms with Crippen molar-refractivity contribution >= 4 is 21.6 Å². The van der Waals surface area contributed by atoms with E-state index in [1.165, 1.54) is 4.31 Å². The number of benzene rings is 1. The van der Waals surface area contributed by atoms with E-state index >= 15 is 0 Å². The fourth-order valence-electron chi connectivity index (χ4n) is 3.51. The fraction of sp³-hybridized carbons (Fsp3) is 0.389. The van der Waals surface area contributed by atoms with Crippen LogP contribution in [0.4, 0.5) is 5.69 Å². The molecule has 1 fully saturated rings. The van der Waals surface area contributed by atoms with Gasteiger partial charge < -0.3 is 9.32 Å². The number of likely N-dealkylation sites (N-methyl/N-ethyl adjacent to an activating group) is 1. The molecule has 0 unspecified atom stereocenters. The quantitative estimate of drug-likeness (QED) is 0.805. The summed E-state index contributed by atoms with van der Waals surface area (Å²) < 4.78 is 32.8. The number of hydrogen-bond acceptors (Lipinski definition) is 5. The molecule has 0 spiro atoms. The van der Waals surface area contributed by atoms with Gasteiger partial charge in [0.15, 0.2) is 0 Å². The average molecular weight is 375 g/mol. The Morgan fingerprint density at radius 1 is 1.12 bits per heavy atom. The lowest BCUT2D eigenvalue weighted by atomic mass is 10.2. The van der Waals surface area contributed by atoms with Crippen molar-refractivity contribution < 1.29 is 17.6 Å². The highest BCUT2D eigenvalue weighted by Gasteiger charge is 2.31. The molecule has 2 aliphatic heterocycles. The van der Waals surface area contributed by atoms with Crippen LogP contribution >= 0.6 is 0 Å². The lowest BCUT2D eigenvalue weighted by molar-refractivity contribution is -0.117. The molecular weight excluding hydrogens is 354 g/mol. The number of hydrogen-bond donors (Lipinski definition) is 0. The Bertz CT molecular complexity index is 916. The molecule has 138 valence electrons. The summed E-state index contributed by atoms with van der Waals surface area (Å²) in [5, 5.41) is 0. The molecule has 1 aromatic carbocycles. The number of amides is 1. The van der Waals surface area contributed by atoms with Crippen LogP contribution in [-0.4, -0.2) is 56.8 Å². The number of carbonyl (C=O) groups is 1. The van der Waals surface area contributed by atoms with Crippen LogP contribution in [0.15, 0.2) is 45.9 Å². The standard InChI is InChI=1S/C18H21N3O4S/c1-19-17-5-4-16(11-14(17)12-18(19)22)26(23,24)21-8-6-20(7-9-21)13-15-3-2-10-25-15/h2-5,10-11H,6-9,12-13H2,1H3. The summed E-state index contributed by atoms with van der Waals surface area (Å²) in [5.41, 5.74) is 1.56. The number of sulfonamides is 1. The van der Waals surface area contributed by atoms with Crippen LogP contribution in [0.25, 0.3) is 0 Å². The SMILES string of the molecule is CN1C(=O)Cc2cc(S(=O)(=O)N3CCN(Cc4ccco4)CC3)ccc21. The zero-order chi connectivity index (χ0) is 18.3. The molecule has 1 saturated heterocycles. The van der Waals surface area contributed by atoms with Crippen molar-refractivity contribution in [3.63, 3.8) is 0 Å². The van der Waals surface area contributed by atoms with Crippen LogP contribution < -0.4 is 4.90 Å². The number of piperazine rings is 1. The smallest absolute Gasteiger partial charge is 0.243 e. The van der Waals surface area contributed by atoms with E-state index in [-0.39, 0.29) is 17.2 Å². The Labute approximate surface area is 152 Å². The van der Waals surface area contributed by atoms with Crippen molar-refractivity contribution in [2.24, 2.45) is 0 Å². The van der Waals surface area contributed by atoms with Gasteiger partial charge in [-0.25, -0.2) is 8.42 Å². The van der Waals surface area contributed by atoms with Gasteiger partial charge in [-0.3, -0.25) is 9.69 Å². The Morgan fingerprint density at radius 3 is 2.58 bits per heavy atom. The molecule has 4 rings (SSSR count). The van der Waals surface area contributed by atoms with Gasteiger partial charge in [-0.15, -0.1) is 0 Å². The van der Waals surface area contributed by atoms with Crippen LogP contribution in [0, 0.1) is 0 Å². The zero-order valence-corrected chi connectivity index (χ0v) is 15.4. The number of anilines is 1. The summed E-state index contributed by atoms with van der Waals surface area (Å²) in [5.74, 6) is 0.870. The first-order valence-electron chi connectivity index (χ1n) is 8.59. The highest BCUT2D eigenvalue weighted by atomic mass is 32.2. The van der Waals surface area contributed by atoms with Crippen molar-refractivity contribution in [2.45, 2.75) is 17.9 Å². The average Bonchev–Trinajstić information content (AvgIpc) is 3.23. The summed E-state index contributed by atoms with van der Waals surface area (Å²) in [6.45, 7) is 2.89. The molecule has 3 heterocycles. The maximum absolute atomic E-state index is 13.0. The van der Waals surface area contributed by atoms with Gasteiger partial charge in [-0.2, -0.15) is 4.31 Å². The molecule has 0 bridgehead atoms. The summed E-state index contributed by atoms with van der Waals surface area (Å²) in [4.78, 5) is 15.8. The highest BCUT2D eigenvalue weighted by molar-refractivity contribution is 7.89. The van der Waals surface area contributed by atoms with Gasteiger partial charge in [-0.1, -0.05) is 0 Å². The molecule has 7 nitrogen and oxygen atoms in total. The minimum atomic E-state index is -3.55. The van der Waals surface area contributed by atoms with Gasteiger partial charge in [-0.05, 0) is 35.9 Å². The van der Waals surface area contributed by atoms with Crippen molar-refractivity contribution in [1.82, 2.24) is 9.21 Å². The fourth-order valence-corrected chi connectivity index (χ4v) is 4.98. The predicted octanol–water partition coefficient (Wildman–Crippen LogP) is 1.31. The lowest BCUT2D eigenvalue weighted by Crippen LogP contribution is -2.48. The van der Waals surface area contributed by atoms with E-state index in [2.05, 4.69) is 4.90 Å². The first-order chi connectivity index (χ1) is 12.4. The molecular formula is C18H21N3O4S. The molecule has 1 amide bonds. The van der Waals surface area contributed by atoms with E-state index in [9.17, 15) is 13.2 Å². The number of furan rings is 1. The third-order valence-corrected chi connectivity index (χ3v) is 6.95. The predicted molar refractivity (Wildman–Crippen MR) is 96.3 cm³/mol. The Balaban J connectivity index is 1.46. The molecule has 0 aliphatic carbocycles. The van der Waals surface area contributed by atoms with Crippen molar-refractivity contribution in [1.29, 1.82) is 0 Å².